The molecule has 3 unspecified atom stereocenters. The van der Waals surface area contributed by atoms with Crippen molar-refractivity contribution < 1.29 is 19.4 Å². The molecule has 5 heteroatoms. The Morgan fingerprint density at radius 2 is 1.63 bits per heavy atom. The van der Waals surface area contributed by atoms with E-state index in [0.29, 0.717) is 6.42 Å². The maximum absolute atomic E-state index is 11.4. The Bertz CT molecular complexity index is 536. The molecule has 0 aliphatic heterocycles. The molecule has 1 aliphatic carbocycles. The van der Waals surface area contributed by atoms with Crippen molar-refractivity contribution in [3.63, 3.8) is 0 Å². The second-order valence-corrected chi connectivity index (χ2v) is 15.5. The van der Waals surface area contributed by atoms with E-state index in [1.807, 2.05) is 0 Å². The fourth-order valence-corrected chi connectivity index (χ4v) is 5.39. The van der Waals surface area contributed by atoms with Crippen LogP contribution in [0.25, 0.3) is 0 Å². The van der Waals surface area contributed by atoms with Crippen LogP contribution < -0.4 is 0 Å². The number of carboxylic acids is 1. The van der Waals surface area contributed by atoms with Gasteiger partial charge in [-0.15, -0.1) is 0 Å². The van der Waals surface area contributed by atoms with Crippen molar-refractivity contribution >= 4 is 14.3 Å². The summed E-state index contributed by atoms with van der Waals surface area (Å²) in [6.45, 7) is 13.5. The Hall–Kier alpha value is -0.653. The highest BCUT2D eigenvalue weighted by atomic mass is 28.4. The van der Waals surface area contributed by atoms with E-state index in [4.69, 9.17) is 4.43 Å². The van der Waals surface area contributed by atoms with Gasteiger partial charge in [0, 0.05) is 5.92 Å². The van der Waals surface area contributed by atoms with Gasteiger partial charge < -0.3 is 14.6 Å². The lowest BCUT2D eigenvalue weighted by Crippen LogP contribution is -2.45. The molecule has 0 saturated carbocycles. The minimum absolute atomic E-state index is 0.0118. The number of aliphatic hydroxyl groups excluding tert-OH is 1. The van der Waals surface area contributed by atoms with Gasteiger partial charge in [-0.1, -0.05) is 91.6 Å². The van der Waals surface area contributed by atoms with Crippen LogP contribution >= 0.6 is 0 Å². The SMILES string of the molecule is CCCCCCCCCCCC(O[Si](C)(C)C(C)(C)C)C1=CCC(O)C1CC(=O)O. The topological polar surface area (TPSA) is 66.8 Å². The Morgan fingerprint density at radius 1 is 1.10 bits per heavy atom. The molecule has 4 nitrogen and oxygen atoms in total. The van der Waals surface area contributed by atoms with E-state index < -0.39 is 20.4 Å². The van der Waals surface area contributed by atoms with Gasteiger partial charge in [-0.3, -0.25) is 4.79 Å². The molecule has 2 N–H and O–H groups in total. The van der Waals surface area contributed by atoms with Crippen molar-refractivity contribution in [1.82, 2.24) is 0 Å². The standard InChI is InChI=1S/C25H48O4Si/c1-7-8-9-10-11-12-13-14-15-16-23(29-30(5,6)25(2,3)4)20-17-18-22(26)21(20)19-24(27)28/h17,21-23,26H,7-16,18-19H2,1-6H3,(H,27,28). The summed E-state index contributed by atoms with van der Waals surface area (Å²) in [7, 11) is -1.99. The highest BCUT2D eigenvalue weighted by Gasteiger charge is 2.42. The summed E-state index contributed by atoms with van der Waals surface area (Å²) in [5.74, 6) is -1.16. The van der Waals surface area contributed by atoms with E-state index in [0.717, 1.165) is 18.4 Å². The summed E-state index contributed by atoms with van der Waals surface area (Å²) < 4.78 is 6.79. The normalized spacial score (nSPS) is 21.0. The van der Waals surface area contributed by atoms with Crippen LogP contribution in [-0.4, -0.2) is 36.7 Å². The number of aliphatic hydroxyl groups is 1. The van der Waals surface area contributed by atoms with E-state index in [1.165, 1.54) is 51.4 Å². The second-order valence-electron chi connectivity index (χ2n) is 10.7. The molecular formula is C25H48O4Si. The summed E-state index contributed by atoms with van der Waals surface area (Å²) in [5.41, 5.74) is 1.04. The molecule has 3 atom stereocenters. The van der Waals surface area contributed by atoms with Crippen LogP contribution in [0.3, 0.4) is 0 Å². The molecule has 0 saturated heterocycles. The molecule has 0 spiro atoms. The van der Waals surface area contributed by atoms with Gasteiger partial charge in [0.05, 0.1) is 18.6 Å². The maximum Gasteiger partial charge on any atom is 0.304 e. The van der Waals surface area contributed by atoms with E-state index >= 15 is 0 Å². The number of unbranched alkanes of at least 4 members (excludes halogenated alkanes) is 8. The highest BCUT2D eigenvalue weighted by Crippen LogP contribution is 2.41. The van der Waals surface area contributed by atoms with Crippen LogP contribution in [0.4, 0.5) is 0 Å². The Balaban J connectivity index is 2.67. The predicted octanol–water partition coefficient (Wildman–Crippen LogP) is 7.08. The number of hydrogen-bond acceptors (Lipinski definition) is 3. The minimum Gasteiger partial charge on any atom is -0.481 e. The molecular weight excluding hydrogens is 392 g/mol. The monoisotopic (exact) mass is 440 g/mol. The molecule has 0 fully saturated rings. The first kappa shape index (κ1) is 27.4. The number of aliphatic carboxylic acids is 1. The van der Waals surface area contributed by atoms with Gasteiger partial charge in [-0.2, -0.15) is 0 Å². The zero-order valence-corrected chi connectivity index (χ0v) is 21.5. The fraction of sp³-hybridized carbons (Fsp3) is 0.880. The third-order valence-corrected chi connectivity index (χ3v) is 11.6. The van der Waals surface area contributed by atoms with Gasteiger partial charge >= 0.3 is 5.97 Å². The van der Waals surface area contributed by atoms with Gasteiger partial charge in [0.25, 0.3) is 0 Å². The molecule has 0 amide bonds. The summed E-state index contributed by atoms with van der Waals surface area (Å²) in [5, 5.41) is 19.8. The van der Waals surface area contributed by atoms with Gasteiger partial charge in [0.2, 0.25) is 0 Å². The van der Waals surface area contributed by atoms with Crippen LogP contribution in [0.5, 0.6) is 0 Å². The molecule has 0 radical (unpaired) electrons. The van der Waals surface area contributed by atoms with Crippen molar-refractivity contribution in [2.24, 2.45) is 5.92 Å². The highest BCUT2D eigenvalue weighted by molar-refractivity contribution is 6.74. The molecule has 1 aliphatic rings. The van der Waals surface area contributed by atoms with Gasteiger partial charge in [-0.25, -0.2) is 0 Å². The fourth-order valence-electron chi connectivity index (χ4n) is 4.07. The van der Waals surface area contributed by atoms with Crippen molar-refractivity contribution in [3.05, 3.63) is 11.6 Å². The van der Waals surface area contributed by atoms with Crippen LogP contribution in [0.1, 0.15) is 105 Å². The van der Waals surface area contributed by atoms with Crippen molar-refractivity contribution in [2.75, 3.05) is 0 Å². The third kappa shape index (κ3) is 9.23. The quantitative estimate of drug-likeness (QED) is 0.162. The van der Waals surface area contributed by atoms with Crippen molar-refractivity contribution in [3.8, 4) is 0 Å². The molecule has 0 aromatic rings. The molecule has 30 heavy (non-hydrogen) atoms. The lowest BCUT2D eigenvalue weighted by molar-refractivity contribution is -0.138. The zero-order valence-electron chi connectivity index (χ0n) is 20.5. The second kappa shape index (κ2) is 13.0. The summed E-state index contributed by atoms with van der Waals surface area (Å²) in [6.07, 6.45) is 14.4. The first-order chi connectivity index (χ1) is 14.0. The Kier molecular flexibility index (Phi) is 11.9. The molecule has 0 aromatic heterocycles. The zero-order chi connectivity index (χ0) is 22.8. The summed E-state index contributed by atoms with van der Waals surface area (Å²) >= 11 is 0. The van der Waals surface area contributed by atoms with Crippen LogP contribution in [0.2, 0.25) is 18.1 Å². The number of hydrogen-bond donors (Lipinski definition) is 2. The number of carbonyl (C=O) groups is 1. The van der Waals surface area contributed by atoms with E-state index in [1.54, 1.807) is 0 Å². The van der Waals surface area contributed by atoms with E-state index in [-0.39, 0.29) is 23.5 Å². The predicted molar refractivity (Wildman–Crippen MR) is 128 cm³/mol. The molecule has 0 bridgehead atoms. The van der Waals surface area contributed by atoms with Crippen LogP contribution in [0, 0.1) is 5.92 Å². The number of carboxylic acid groups (broad SMARTS) is 1. The molecule has 0 heterocycles. The lowest BCUT2D eigenvalue weighted by Gasteiger charge is -2.40. The Labute approximate surface area is 186 Å². The first-order valence-electron chi connectivity index (χ1n) is 12.3. The largest absolute Gasteiger partial charge is 0.481 e. The average Bonchev–Trinajstić information content (AvgIpc) is 2.98. The van der Waals surface area contributed by atoms with Crippen molar-refractivity contribution in [2.45, 2.75) is 135 Å². The molecule has 1 rings (SSSR count). The van der Waals surface area contributed by atoms with E-state index in [9.17, 15) is 15.0 Å². The Morgan fingerprint density at radius 3 is 2.13 bits per heavy atom. The maximum atomic E-state index is 11.4. The van der Waals surface area contributed by atoms with Gasteiger partial charge in [0.15, 0.2) is 8.32 Å². The average molecular weight is 441 g/mol. The smallest absolute Gasteiger partial charge is 0.304 e. The molecule has 0 aromatic carbocycles. The van der Waals surface area contributed by atoms with Crippen molar-refractivity contribution in [1.29, 1.82) is 0 Å². The van der Waals surface area contributed by atoms with Crippen LogP contribution in [-0.2, 0) is 9.22 Å². The summed E-state index contributed by atoms with van der Waals surface area (Å²) in [6, 6.07) is 0. The summed E-state index contributed by atoms with van der Waals surface area (Å²) in [4.78, 5) is 11.4. The number of rotatable bonds is 15. The van der Waals surface area contributed by atoms with Gasteiger partial charge in [0.1, 0.15) is 0 Å². The lowest BCUT2D eigenvalue weighted by atomic mass is 9.90. The van der Waals surface area contributed by atoms with Crippen LogP contribution in [0.15, 0.2) is 11.6 Å². The minimum atomic E-state index is -1.99. The third-order valence-electron chi connectivity index (χ3n) is 7.07. The van der Waals surface area contributed by atoms with Gasteiger partial charge in [-0.05, 0) is 36.5 Å². The van der Waals surface area contributed by atoms with E-state index in [2.05, 4.69) is 46.9 Å². The first-order valence-corrected chi connectivity index (χ1v) is 15.2. The molecule has 176 valence electrons.